The maximum absolute atomic E-state index is 13.0. The van der Waals surface area contributed by atoms with Gasteiger partial charge in [-0.15, -0.1) is 0 Å². The van der Waals surface area contributed by atoms with Crippen molar-refractivity contribution in [3.8, 4) is 0 Å². The largest absolute Gasteiger partial charge is 0.378 e. The van der Waals surface area contributed by atoms with Gasteiger partial charge < -0.3 is 15.0 Å². The normalized spacial score (nSPS) is 13.1. The first-order chi connectivity index (χ1) is 16.8. The van der Waals surface area contributed by atoms with Gasteiger partial charge in [-0.1, -0.05) is 50.9 Å². The number of aryl methyl sites for hydroxylation is 1. The van der Waals surface area contributed by atoms with Crippen LogP contribution < -0.4 is 10.2 Å². The minimum absolute atomic E-state index is 0.151. The number of ether oxygens (including phenoxy) is 1. The lowest BCUT2D eigenvalue weighted by atomic mass is 10.1. The number of nitrogens with one attached hydrogen (secondary N) is 1. The molecule has 2 heterocycles. The van der Waals surface area contributed by atoms with Crippen LogP contribution in [0.25, 0.3) is 5.65 Å². The molecule has 3 aromatic rings. The first kappa shape index (κ1) is 27.0. The number of imidazole rings is 1. The van der Waals surface area contributed by atoms with Crippen LogP contribution in [0.4, 0.5) is 5.69 Å². The van der Waals surface area contributed by atoms with Crippen molar-refractivity contribution in [1.29, 1.82) is 0 Å². The molecule has 0 radical (unpaired) electrons. The number of halogens is 1. The van der Waals surface area contributed by atoms with E-state index in [1.54, 1.807) is 16.7 Å². The van der Waals surface area contributed by atoms with E-state index in [0.717, 1.165) is 55.0 Å². The van der Waals surface area contributed by atoms with Gasteiger partial charge in [0.05, 0.1) is 16.8 Å². The Kier molecular flexibility index (Phi) is 9.99. The molecule has 0 bridgehead atoms. The van der Waals surface area contributed by atoms with Crippen LogP contribution in [0.2, 0.25) is 5.02 Å². The molecule has 0 aliphatic rings. The van der Waals surface area contributed by atoms with E-state index in [-0.39, 0.29) is 5.91 Å². The number of hydrogen-bond donors (Lipinski definition) is 1. The Labute approximate surface area is 214 Å². The van der Waals surface area contributed by atoms with Crippen molar-refractivity contribution in [2.24, 2.45) is 5.92 Å². The predicted octanol–water partition coefficient (Wildman–Crippen LogP) is 6.15. The van der Waals surface area contributed by atoms with E-state index in [4.69, 9.17) is 16.3 Å². The minimum Gasteiger partial charge on any atom is -0.378 e. The number of rotatable bonds is 13. The highest BCUT2D eigenvalue weighted by molar-refractivity contribution is 6.30. The Morgan fingerprint density at radius 2 is 1.89 bits per heavy atom. The molecule has 2 unspecified atom stereocenters. The molecule has 2 atom stereocenters. The van der Waals surface area contributed by atoms with Gasteiger partial charge in [-0.3, -0.25) is 9.20 Å². The minimum atomic E-state index is -0.151. The van der Waals surface area contributed by atoms with Gasteiger partial charge in [-0.25, -0.2) is 4.98 Å². The van der Waals surface area contributed by atoms with Gasteiger partial charge in [0.15, 0.2) is 0 Å². The summed E-state index contributed by atoms with van der Waals surface area (Å²) in [7, 11) is 2.12. The number of amides is 1. The lowest BCUT2D eigenvalue weighted by molar-refractivity contribution is 0.0373. The Morgan fingerprint density at radius 3 is 2.57 bits per heavy atom. The van der Waals surface area contributed by atoms with Crippen molar-refractivity contribution in [3.63, 3.8) is 0 Å². The Balaban J connectivity index is 1.52. The summed E-state index contributed by atoms with van der Waals surface area (Å²) in [6, 6.07) is 12.0. The third-order valence-electron chi connectivity index (χ3n) is 6.35. The molecule has 0 aliphatic heterocycles. The van der Waals surface area contributed by atoms with E-state index in [1.165, 1.54) is 0 Å². The lowest BCUT2D eigenvalue weighted by Gasteiger charge is -2.23. The van der Waals surface area contributed by atoms with Crippen LogP contribution in [0.3, 0.4) is 0 Å². The smallest absolute Gasteiger partial charge is 0.270 e. The van der Waals surface area contributed by atoms with Crippen LogP contribution >= 0.6 is 11.6 Å². The molecule has 0 saturated carbocycles. The summed E-state index contributed by atoms with van der Waals surface area (Å²) in [4.78, 5) is 19.8. The standard InChI is InChI=1S/C28H39ClN4O2/c1-6-8-21(4)35-19-20(3)15-16-32(5)24-12-9-22(10-13-24)17-30-28(34)27-25(7-2)31-26-14-11-23(29)18-33(26)27/h9-14,18,20-21H,6-8,15-17,19H2,1-5H3,(H,30,34). The van der Waals surface area contributed by atoms with Crippen molar-refractivity contribution < 1.29 is 9.53 Å². The lowest BCUT2D eigenvalue weighted by Crippen LogP contribution is -2.25. The van der Waals surface area contributed by atoms with Crippen molar-refractivity contribution in [2.75, 3.05) is 25.1 Å². The van der Waals surface area contributed by atoms with E-state index in [1.807, 2.05) is 13.0 Å². The zero-order valence-electron chi connectivity index (χ0n) is 21.7. The van der Waals surface area contributed by atoms with Gasteiger partial charge in [0.1, 0.15) is 11.3 Å². The zero-order valence-corrected chi connectivity index (χ0v) is 22.4. The van der Waals surface area contributed by atoms with Crippen LogP contribution in [-0.4, -0.2) is 41.6 Å². The molecule has 1 N–H and O–H groups in total. The second kappa shape index (κ2) is 12.9. The highest BCUT2D eigenvalue weighted by atomic mass is 35.5. The molecule has 0 aliphatic carbocycles. The SMILES string of the molecule is CCCC(C)OCC(C)CCN(C)c1ccc(CNC(=O)c2c(CC)nc3ccc(Cl)cn23)cc1. The number of aromatic nitrogens is 2. The third kappa shape index (κ3) is 7.45. The molecule has 190 valence electrons. The fourth-order valence-electron chi connectivity index (χ4n) is 4.13. The third-order valence-corrected chi connectivity index (χ3v) is 6.58. The summed E-state index contributed by atoms with van der Waals surface area (Å²) in [5.74, 6) is 0.371. The van der Waals surface area contributed by atoms with Crippen LogP contribution in [0, 0.1) is 5.92 Å². The van der Waals surface area contributed by atoms with Gasteiger partial charge in [-0.05, 0) is 61.9 Å². The summed E-state index contributed by atoms with van der Waals surface area (Å²) >= 11 is 6.15. The van der Waals surface area contributed by atoms with E-state index in [2.05, 4.69) is 67.3 Å². The molecular weight excluding hydrogens is 460 g/mol. The van der Waals surface area contributed by atoms with Gasteiger partial charge in [0.25, 0.3) is 5.91 Å². The Hall–Kier alpha value is -2.57. The summed E-state index contributed by atoms with van der Waals surface area (Å²) in [5, 5.41) is 3.61. The predicted molar refractivity (Wildman–Crippen MR) is 145 cm³/mol. The first-order valence-electron chi connectivity index (χ1n) is 12.7. The van der Waals surface area contributed by atoms with Crippen LogP contribution in [0.5, 0.6) is 0 Å². The quantitative estimate of drug-likeness (QED) is 0.307. The number of benzene rings is 1. The molecule has 0 spiro atoms. The summed E-state index contributed by atoms with van der Waals surface area (Å²) in [5.41, 5.74) is 4.24. The molecule has 0 saturated heterocycles. The summed E-state index contributed by atoms with van der Waals surface area (Å²) < 4.78 is 7.72. The average molecular weight is 499 g/mol. The second-order valence-electron chi connectivity index (χ2n) is 9.43. The van der Waals surface area contributed by atoms with Crippen LogP contribution in [0.15, 0.2) is 42.6 Å². The Morgan fingerprint density at radius 1 is 1.14 bits per heavy atom. The number of anilines is 1. The monoisotopic (exact) mass is 498 g/mol. The number of hydrogen-bond acceptors (Lipinski definition) is 4. The summed E-state index contributed by atoms with van der Waals surface area (Å²) in [6.45, 7) is 10.8. The topological polar surface area (TPSA) is 58.9 Å². The molecule has 2 aromatic heterocycles. The maximum atomic E-state index is 13.0. The first-order valence-corrected chi connectivity index (χ1v) is 13.1. The van der Waals surface area contributed by atoms with Gasteiger partial charge in [0, 0.05) is 38.6 Å². The van der Waals surface area contributed by atoms with Gasteiger partial charge in [-0.2, -0.15) is 0 Å². The molecule has 1 aromatic carbocycles. The van der Waals surface area contributed by atoms with Gasteiger partial charge in [0.2, 0.25) is 0 Å². The number of nitrogens with zero attached hydrogens (tertiary/aromatic N) is 3. The van der Waals surface area contributed by atoms with E-state index in [0.29, 0.717) is 35.7 Å². The number of fused-ring (bicyclic) bond motifs is 1. The maximum Gasteiger partial charge on any atom is 0.270 e. The van der Waals surface area contributed by atoms with E-state index >= 15 is 0 Å². The number of carbonyl (C=O) groups excluding carboxylic acids is 1. The van der Waals surface area contributed by atoms with Crippen molar-refractivity contribution in [2.45, 2.75) is 66.0 Å². The molecule has 6 nitrogen and oxygen atoms in total. The van der Waals surface area contributed by atoms with Crippen LogP contribution in [-0.2, 0) is 17.7 Å². The van der Waals surface area contributed by atoms with Crippen molar-refractivity contribution >= 4 is 28.8 Å². The fourth-order valence-corrected chi connectivity index (χ4v) is 4.29. The Bertz CT molecular complexity index is 1100. The highest BCUT2D eigenvalue weighted by Crippen LogP contribution is 2.19. The fraction of sp³-hybridized carbons (Fsp3) is 0.500. The zero-order chi connectivity index (χ0) is 25.4. The summed E-state index contributed by atoms with van der Waals surface area (Å²) in [6.07, 6.45) is 6.11. The molecule has 1 amide bonds. The number of carbonyl (C=O) groups is 1. The molecule has 3 rings (SSSR count). The molecule has 0 fully saturated rings. The van der Waals surface area contributed by atoms with Crippen molar-refractivity contribution in [1.82, 2.24) is 14.7 Å². The average Bonchev–Trinajstić information content (AvgIpc) is 3.22. The number of pyridine rings is 1. The van der Waals surface area contributed by atoms with E-state index < -0.39 is 0 Å². The second-order valence-corrected chi connectivity index (χ2v) is 9.87. The van der Waals surface area contributed by atoms with Crippen LogP contribution in [0.1, 0.15) is 68.7 Å². The molecular formula is C28H39ClN4O2. The van der Waals surface area contributed by atoms with Crippen molar-refractivity contribution in [3.05, 3.63) is 64.6 Å². The molecule has 35 heavy (non-hydrogen) atoms. The van der Waals surface area contributed by atoms with E-state index in [9.17, 15) is 4.79 Å². The highest BCUT2D eigenvalue weighted by Gasteiger charge is 2.18. The van der Waals surface area contributed by atoms with Gasteiger partial charge >= 0.3 is 0 Å². The molecule has 7 heteroatoms.